The van der Waals surface area contributed by atoms with Crippen molar-refractivity contribution >= 4 is 31.9 Å². The molecule has 0 aliphatic rings. The lowest BCUT2D eigenvalue weighted by Gasteiger charge is -2.16. The van der Waals surface area contributed by atoms with Crippen LogP contribution in [0.25, 0.3) is 0 Å². The third kappa shape index (κ3) is 3.70. The van der Waals surface area contributed by atoms with Gasteiger partial charge in [0.15, 0.2) is 0 Å². The Labute approximate surface area is 105 Å². The molecule has 1 heterocycles. The zero-order chi connectivity index (χ0) is 11.6. The van der Waals surface area contributed by atoms with Crippen molar-refractivity contribution in [3.63, 3.8) is 0 Å². The van der Waals surface area contributed by atoms with E-state index in [1.54, 1.807) is 20.0 Å². The van der Waals surface area contributed by atoms with Crippen molar-refractivity contribution in [2.75, 3.05) is 0 Å². The number of aromatic nitrogens is 2. The zero-order valence-electron chi connectivity index (χ0n) is 8.50. The van der Waals surface area contributed by atoms with Crippen LogP contribution in [0.15, 0.2) is 19.9 Å². The smallest absolute Gasteiger partial charge is 0.282 e. The fraction of sp³-hybridized carbons (Fsp3) is 0.556. The molecule has 1 aromatic rings. The maximum atomic E-state index is 11.6. The van der Waals surface area contributed by atoms with Crippen molar-refractivity contribution in [2.24, 2.45) is 0 Å². The van der Waals surface area contributed by atoms with Crippen LogP contribution in [0.3, 0.4) is 0 Å². The van der Waals surface area contributed by atoms with Gasteiger partial charge >= 0.3 is 0 Å². The van der Waals surface area contributed by atoms with Crippen LogP contribution in [-0.4, -0.2) is 20.5 Å². The molecule has 0 saturated carbocycles. The predicted molar refractivity (Wildman–Crippen MR) is 64.8 cm³/mol. The van der Waals surface area contributed by atoms with E-state index in [2.05, 4.69) is 37.0 Å². The summed E-state index contributed by atoms with van der Waals surface area (Å²) in [5.74, 6) is 0. The van der Waals surface area contributed by atoms with Crippen molar-refractivity contribution in [1.82, 2.24) is 9.78 Å². The molecule has 0 aliphatic carbocycles. The van der Waals surface area contributed by atoms with E-state index < -0.39 is 5.60 Å². The summed E-state index contributed by atoms with van der Waals surface area (Å²) in [4.78, 5) is 11.6. The van der Waals surface area contributed by atoms with Gasteiger partial charge < -0.3 is 5.11 Å². The summed E-state index contributed by atoms with van der Waals surface area (Å²) < 4.78 is 2.41. The highest BCUT2D eigenvalue weighted by atomic mass is 79.9. The Kier molecular flexibility index (Phi) is 4.08. The molecule has 1 N–H and O–H groups in total. The number of nitrogens with zero attached hydrogens (tertiary/aromatic N) is 2. The maximum absolute atomic E-state index is 11.6. The molecule has 0 radical (unpaired) electrons. The van der Waals surface area contributed by atoms with Gasteiger partial charge in [0.1, 0.15) is 4.47 Å². The molecule has 0 spiro atoms. The molecule has 0 unspecified atom stereocenters. The molecule has 1 aromatic heterocycles. The Hall–Kier alpha value is -0.200. The Morgan fingerprint density at radius 2 is 2.13 bits per heavy atom. The van der Waals surface area contributed by atoms with Gasteiger partial charge in [-0.1, -0.05) is 0 Å². The molecule has 0 fully saturated rings. The van der Waals surface area contributed by atoms with E-state index in [4.69, 9.17) is 0 Å². The van der Waals surface area contributed by atoms with Gasteiger partial charge in [0.2, 0.25) is 0 Å². The van der Waals surface area contributed by atoms with Crippen LogP contribution in [0.1, 0.15) is 20.3 Å². The summed E-state index contributed by atoms with van der Waals surface area (Å²) in [6.45, 7) is 3.80. The number of hydrogen-bond acceptors (Lipinski definition) is 3. The van der Waals surface area contributed by atoms with Crippen LogP contribution in [0.4, 0.5) is 0 Å². The highest BCUT2D eigenvalue weighted by Gasteiger charge is 2.14. The molecule has 15 heavy (non-hydrogen) atoms. The number of rotatable bonds is 3. The number of halogens is 2. The average molecular weight is 340 g/mol. The van der Waals surface area contributed by atoms with Crippen molar-refractivity contribution in [1.29, 1.82) is 0 Å². The second kappa shape index (κ2) is 4.76. The highest BCUT2D eigenvalue weighted by Crippen LogP contribution is 2.16. The molecule has 6 heteroatoms. The standard InChI is InChI=1S/C9H12Br2N2O2/c1-9(2,15)3-4-13-8(14)7(11)6(10)5-12-13/h5,15H,3-4H2,1-2H3. The van der Waals surface area contributed by atoms with Gasteiger partial charge in [0.25, 0.3) is 5.56 Å². The van der Waals surface area contributed by atoms with Gasteiger partial charge in [-0.3, -0.25) is 4.79 Å². The Balaban J connectivity index is 2.89. The van der Waals surface area contributed by atoms with Gasteiger partial charge in [-0.2, -0.15) is 5.10 Å². The summed E-state index contributed by atoms with van der Waals surface area (Å²) in [7, 11) is 0. The van der Waals surface area contributed by atoms with Crippen molar-refractivity contribution in [3.05, 3.63) is 25.5 Å². The normalized spacial score (nSPS) is 11.8. The topological polar surface area (TPSA) is 55.1 Å². The maximum Gasteiger partial charge on any atom is 0.282 e. The lowest BCUT2D eigenvalue weighted by molar-refractivity contribution is 0.0646. The Morgan fingerprint density at radius 3 is 2.67 bits per heavy atom. The van der Waals surface area contributed by atoms with E-state index in [9.17, 15) is 9.90 Å². The zero-order valence-corrected chi connectivity index (χ0v) is 11.7. The molecule has 84 valence electrons. The molecule has 0 saturated heterocycles. The second-order valence-electron chi connectivity index (χ2n) is 3.90. The summed E-state index contributed by atoms with van der Waals surface area (Å²) in [6, 6.07) is 0. The monoisotopic (exact) mass is 338 g/mol. The van der Waals surface area contributed by atoms with Crippen LogP contribution >= 0.6 is 31.9 Å². The molecule has 0 amide bonds. The SMILES string of the molecule is CC(C)(O)CCn1ncc(Br)c(Br)c1=O. The lowest BCUT2D eigenvalue weighted by Crippen LogP contribution is -2.28. The van der Waals surface area contributed by atoms with Gasteiger partial charge in [0.05, 0.1) is 16.3 Å². The van der Waals surface area contributed by atoms with E-state index in [1.807, 2.05) is 0 Å². The quantitative estimate of drug-likeness (QED) is 0.915. The molecule has 0 aromatic carbocycles. The first-order valence-electron chi connectivity index (χ1n) is 4.45. The highest BCUT2D eigenvalue weighted by molar-refractivity contribution is 9.13. The van der Waals surface area contributed by atoms with Crippen LogP contribution in [0, 0.1) is 0 Å². The summed E-state index contributed by atoms with van der Waals surface area (Å²) in [5, 5.41) is 13.5. The van der Waals surface area contributed by atoms with Crippen molar-refractivity contribution in [2.45, 2.75) is 32.4 Å². The van der Waals surface area contributed by atoms with Crippen LogP contribution in [0.2, 0.25) is 0 Å². The predicted octanol–water partition coefficient (Wildman–Crippen LogP) is 1.93. The molecular weight excluding hydrogens is 328 g/mol. The van der Waals surface area contributed by atoms with Gasteiger partial charge in [-0.25, -0.2) is 4.68 Å². The van der Waals surface area contributed by atoms with E-state index in [0.29, 0.717) is 21.9 Å². The average Bonchev–Trinajstić information content (AvgIpc) is 2.12. The van der Waals surface area contributed by atoms with E-state index >= 15 is 0 Å². The van der Waals surface area contributed by atoms with E-state index in [0.717, 1.165) is 0 Å². The van der Waals surface area contributed by atoms with Crippen LogP contribution < -0.4 is 5.56 Å². The third-order valence-electron chi connectivity index (χ3n) is 1.88. The summed E-state index contributed by atoms with van der Waals surface area (Å²) in [5.41, 5.74) is -0.991. The number of aryl methyl sites for hydroxylation is 1. The molecule has 0 atom stereocenters. The first kappa shape index (κ1) is 12.9. The molecule has 4 nitrogen and oxygen atoms in total. The fourth-order valence-electron chi connectivity index (χ4n) is 0.984. The van der Waals surface area contributed by atoms with Gasteiger partial charge in [0, 0.05) is 6.54 Å². The summed E-state index contributed by atoms with van der Waals surface area (Å²) >= 11 is 6.37. The van der Waals surface area contributed by atoms with E-state index in [1.165, 1.54) is 4.68 Å². The molecular formula is C9H12Br2N2O2. The van der Waals surface area contributed by atoms with E-state index in [-0.39, 0.29) is 5.56 Å². The van der Waals surface area contributed by atoms with Gasteiger partial charge in [-0.15, -0.1) is 0 Å². The fourth-order valence-corrected chi connectivity index (χ4v) is 1.55. The number of hydrogen-bond donors (Lipinski definition) is 1. The molecule has 1 rings (SSSR count). The Morgan fingerprint density at radius 1 is 1.53 bits per heavy atom. The molecule has 0 bridgehead atoms. The minimum Gasteiger partial charge on any atom is -0.390 e. The number of aliphatic hydroxyl groups is 1. The van der Waals surface area contributed by atoms with Crippen LogP contribution in [0.5, 0.6) is 0 Å². The first-order valence-corrected chi connectivity index (χ1v) is 6.03. The first-order chi connectivity index (χ1) is 6.81. The second-order valence-corrected chi connectivity index (χ2v) is 5.54. The van der Waals surface area contributed by atoms with Gasteiger partial charge in [-0.05, 0) is 52.1 Å². The molecule has 0 aliphatic heterocycles. The minimum absolute atomic E-state index is 0.200. The third-order valence-corrected chi connectivity index (χ3v) is 3.78. The van der Waals surface area contributed by atoms with Crippen molar-refractivity contribution < 1.29 is 5.11 Å². The largest absolute Gasteiger partial charge is 0.390 e. The minimum atomic E-state index is -0.791. The van der Waals surface area contributed by atoms with Crippen LogP contribution in [-0.2, 0) is 6.54 Å². The Bertz CT molecular complexity index is 410. The van der Waals surface area contributed by atoms with Crippen molar-refractivity contribution in [3.8, 4) is 0 Å². The summed E-state index contributed by atoms with van der Waals surface area (Å²) in [6.07, 6.45) is 2.03. The lowest BCUT2D eigenvalue weighted by atomic mass is 10.1.